The van der Waals surface area contributed by atoms with E-state index in [1.165, 1.54) is 11.9 Å². The van der Waals surface area contributed by atoms with E-state index in [1.54, 1.807) is 44.8 Å². The molecule has 0 aliphatic carbocycles. The molecule has 1 unspecified atom stereocenters. The molecule has 16 heteroatoms. The number of carbonyl (C=O) groups excluding carboxylic acids is 1. The van der Waals surface area contributed by atoms with Gasteiger partial charge in [-0.2, -0.15) is 31.4 Å². The minimum atomic E-state index is -4.87. The number of amides is 1. The van der Waals surface area contributed by atoms with Crippen molar-refractivity contribution >= 4 is 17.5 Å². The van der Waals surface area contributed by atoms with Crippen LogP contribution < -0.4 is 15.4 Å². The molecule has 1 aliphatic heterocycles. The van der Waals surface area contributed by atoms with Crippen molar-refractivity contribution in [1.82, 2.24) is 29.6 Å². The number of aromatic nitrogens is 5. The molecule has 39 heavy (non-hydrogen) atoms. The Morgan fingerprint density at radius 1 is 1.05 bits per heavy atom. The molecule has 210 valence electrons. The van der Waals surface area contributed by atoms with Crippen LogP contribution in [-0.4, -0.2) is 74.8 Å². The summed E-state index contributed by atoms with van der Waals surface area (Å²) in [6.45, 7) is 3.13. The van der Waals surface area contributed by atoms with E-state index in [4.69, 9.17) is 0 Å². The van der Waals surface area contributed by atoms with Crippen LogP contribution in [0.5, 0.6) is 0 Å². The number of H-pyrrole nitrogens is 1. The summed E-state index contributed by atoms with van der Waals surface area (Å²) >= 11 is 0. The van der Waals surface area contributed by atoms with Gasteiger partial charge in [-0.05, 0) is 13.0 Å². The normalized spacial score (nSPS) is 15.4. The Kier molecular flexibility index (Phi) is 7.57. The topological polar surface area (TPSA) is 103 Å². The Bertz CT molecular complexity index is 1360. The van der Waals surface area contributed by atoms with Crippen LogP contribution in [0.15, 0.2) is 41.8 Å². The van der Waals surface area contributed by atoms with E-state index in [-0.39, 0.29) is 24.1 Å². The summed E-state index contributed by atoms with van der Waals surface area (Å²) in [7, 11) is 1.42. The van der Waals surface area contributed by atoms with Gasteiger partial charge in [-0.15, -0.1) is 0 Å². The number of piperazine rings is 1. The Morgan fingerprint density at radius 3 is 2.28 bits per heavy atom. The Morgan fingerprint density at radius 2 is 1.69 bits per heavy atom. The third-order valence-electron chi connectivity index (χ3n) is 6.45. The molecule has 1 N–H and O–H groups in total. The molecule has 4 rings (SSSR count). The number of nitrogens with one attached hydrogen (secondary N) is 1. The van der Waals surface area contributed by atoms with Gasteiger partial charge in [-0.3, -0.25) is 9.59 Å². The summed E-state index contributed by atoms with van der Waals surface area (Å²) in [5.74, 6) is -0.121. The predicted molar refractivity (Wildman–Crippen MR) is 127 cm³/mol. The Hall–Kier alpha value is -4.11. The molecule has 1 atom stereocenters. The number of carbonyl (C=O) groups is 1. The van der Waals surface area contributed by atoms with Gasteiger partial charge in [-0.1, -0.05) is 0 Å². The second-order valence-corrected chi connectivity index (χ2v) is 9.06. The second-order valence-electron chi connectivity index (χ2n) is 9.06. The van der Waals surface area contributed by atoms with E-state index in [9.17, 15) is 35.9 Å². The minimum absolute atomic E-state index is 0.142. The van der Waals surface area contributed by atoms with Crippen molar-refractivity contribution in [1.29, 1.82) is 0 Å². The largest absolute Gasteiger partial charge is 0.423 e. The maximum atomic E-state index is 13.4. The molecule has 1 amide bonds. The number of anilines is 2. The van der Waals surface area contributed by atoms with Crippen molar-refractivity contribution in [3.05, 3.63) is 64.1 Å². The Labute approximate surface area is 217 Å². The lowest BCUT2D eigenvalue weighted by Gasteiger charge is -2.34. The number of halogens is 6. The van der Waals surface area contributed by atoms with Crippen LogP contribution in [0, 0.1) is 0 Å². The van der Waals surface area contributed by atoms with E-state index in [2.05, 4.69) is 15.1 Å². The van der Waals surface area contributed by atoms with Crippen molar-refractivity contribution in [2.24, 2.45) is 0 Å². The van der Waals surface area contributed by atoms with Gasteiger partial charge in [0.1, 0.15) is 5.56 Å². The first kappa shape index (κ1) is 27.9. The zero-order valence-corrected chi connectivity index (χ0v) is 20.8. The highest BCUT2D eigenvalue weighted by Crippen LogP contribution is 2.33. The van der Waals surface area contributed by atoms with E-state index in [0.717, 1.165) is 18.6 Å². The van der Waals surface area contributed by atoms with Gasteiger partial charge in [0, 0.05) is 70.6 Å². The van der Waals surface area contributed by atoms with Crippen LogP contribution in [-0.2, 0) is 18.9 Å². The predicted octanol–water partition coefficient (Wildman–Crippen LogP) is 2.89. The third kappa shape index (κ3) is 6.15. The van der Waals surface area contributed by atoms with Gasteiger partial charge in [-0.25, -0.2) is 15.1 Å². The van der Waals surface area contributed by atoms with Crippen LogP contribution in [0.1, 0.15) is 28.4 Å². The number of aromatic amines is 1. The summed E-state index contributed by atoms with van der Waals surface area (Å²) in [5, 5.41) is 5.30. The van der Waals surface area contributed by atoms with Gasteiger partial charge in [0.05, 0.1) is 23.0 Å². The summed E-state index contributed by atoms with van der Waals surface area (Å²) in [6.07, 6.45) is -3.80. The molecule has 3 aromatic rings. The van der Waals surface area contributed by atoms with E-state index < -0.39 is 35.1 Å². The molecule has 3 aromatic heterocycles. The first-order valence-electron chi connectivity index (χ1n) is 11.7. The van der Waals surface area contributed by atoms with Crippen molar-refractivity contribution in [2.75, 3.05) is 43.0 Å². The van der Waals surface area contributed by atoms with Gasteiger partial charge >= 0.3 is 12.4 Å². The molecular formula is C23H24F6N8O2. The molecule has 0 saturated carbocycles. The fraction of sp³-hybridized carbons (Fsp3) is 0.435. The minimum Gasteiger partial charge on any atom is -0.368 e. The summed E-state index contributed by atoms with van der Waals surface area (Å²) < 4.78 is 80.2. The standard InChI is InChI=1S/C23H24F6N8O2/c1-14(34(2)17-11-32-33-19(38)18(17)23(27,28)29)12-35-4-3-15(13-35)20(39)36-5-7-37(8-6-36)21-30-9-16(10-31-21)22(24,25)26/h3-4,9-11,13-14H,5-8,12H2,1-2H3,(H,33,38). The quantitative estimate of drug-likeness (QED) is 0.464. The van der Waals surface area contributed by atoms with Gasteiger partial charge in [0.2, 0.25) is 5.95 Å². The van der Waals surface area contributed by atoms with Gasteiger partial charge in [0.15, 0.2) is 0 Å². The highest BCUT2D eigenvalue weighted by molar-refractivity contribution is 5.94. The molecule has 0 radical (unpaired) electrons. The van der Waals surface area contributed by atoms with Crippen molar-refractivity contribution in [2.45, 2.75) is 31.9 Å². The third-order valence-corrected chi connectivity index (χ3v) is 6.45. The van der Waals surface area contributed by atoms with Crippen LogP contribution in [0.2, 0.25) is 0 Å². The molecule has 0 aromatic carbocycles. The SMILES string of the molecule is CC(Cn1ccc(C(=O)N2CCN(c3ncc(C(F)(F)F)cn3)CC2)c1)N(C)c1cn[nH]c(=O)c1C(F)(F)F. The molecule has 10 nitrogen and oxygen atoms in total. The number of hydrogen-bond acceptors (Lipinski definition) is 7. The molecular weight excluding hydrogens is 534 g/mol. The molecule has 0 bridgehead atoms. The average Bonchev–Trinajstić information content (AvgIpc) is 3.35. The Balaban J connectivity index is 1.36. The molecule has 1 aliphatic rings. The fourth-order valence-electron chi connectivity index (χ4n) is 4.20. The highest BCUT2D eigenvalue weighted by atomic mass is 19.4. The number of likely N-dealkylation sites (N-methyl/N-ethyl adjacent to an activating group) is 1. The van der Waals surface area contributed by atoms with Crippen molar-refractivity contribution in [3.8, 4) is 0 Å². The van der Waals surface area contributed by atoms with E-state index >= 15 is 0 Å². The molecule has 0 spiro atoms. The number of alkyl halides is 6. The highest BCUT2D eigenvalue weighted by Gasteiger charge is 2.39. The zero-order valence-electron chi connectivity index (χ0n) is 20.8. The molecule has 1 saturated heterocycles. The van der Waals surface area contributed by atoms with Crippen LogP contribution in [0.25, 0.3) is 0 Å². The molecule has 1 fully saturated rings. The summed E-state index contributed by atoms with van der Waals surface area (Å²) in [6, 6.07) is 1.09. The van der Waals surface area contributed by atoms with Crippen molar-refractivity contribution < 1.29 is 31.1 Å². The first-order chi connectivity index (χ1) is 18.3. The lowest BCUT2D eigenvalue weighted by molar-refractivity contribution is -0.139. The summed E-state index contributed by atoms with van der Waals surface area (Å²) in [5.41, 5.74) is -3.61. The summed E-state index contributed by atoms with van der Waals surface area (Å²) in [4.78, 5) is 36.9. The first-order valence-corrected chi connectivity index (χ1v) is 11.7. The fourth-order valence-corrected chi connectivity index (χ4v) is 4.20. The van der Waals surface area contributed by atoms with E-state index in [1.807, 2.05) is 0 Å². The number of rotatable bonds is 6. The maximum Gasteiger partial charge on any atom is 0.423 e. The van der Waals surface area contributed by atoms with Gasteiger partial charge in [0.25, 0.3) is 11.5 Å². The lowest BCUT2D eigenvalue weighted by atomic mass is 10.2. The number of hydrogen-bond donors (Lipinski definition) is 1. The number of nitrogens with zero attached hydrogens (tertiary/aromatic N) is 7. The second kappa shape index (κ2) is 10.6. The van der Waals surface area contributed by atoms with Gasteiger partial charge < -0.3 is 19.3 Å². The van der Waals surface area contributed by atoms with Crippen LogP contribution >= 0.6 is 0 Å². The van der Waals surface area contributed by atoms with Crippen molar-refractivity contribution in [3.63, 3.8) is 0 Å². The van der Waals surface area contributed by atoms with E-state index in [0.29, 0.717) is 31.7 Å². The smallest absolute Gasteiger partial charge is 0.368 e. The molecule has 4 heterocycles. The average molecular weight is 558 g/mol. The van der Waals surface area contributed by atoms with Crippen LogP contribution in [0.4, 0.5) is 38.0 Å². The van der Waals surface area contributed by atoms with Crippen LogP contribution in [0.3, 0.4) is 0 Å². The lowest BCUT2D eigenvalue weighted by Crippen LogP contribution is -2.49. The zero-order chi connectivity index (χ0) is 28.5. The monoisotopic (exact) mass is 558 g/mol. The maximum absolute atomic E-state index is 13.4.